The molecular formula is C21H23NO. The minimum Gasteiger partial charge on any atom is -0.308 e. The number of unbranched alkanes of at least 4 members (excludes halogenated alkanes) is 1. The first-order valence-electron chi connectivity index (χ1n) is 8.35. The summed E-state index contributed by atoms with van der Waals surface area (Å²) in [5, 5.41) is 0. The fourth-order valence-electron chi connectivity index (χ4n) is 3.22. The normalized spacial score (nSPS) is 13.5. The number of carbonyl (C=O) groups excluding carboxylic acids is 1. The van der Waals surface area contributed by atoms with Crippen LogP contribution in [-0.4, -0.2) is 5.91 Å². The Labute approximate surface area is 138 Å². The molecule has 0 aromatic heterocycles. The molecule has 0 bridgehead atoms. The molecule has 118 valence electrons. The van der Waals surface area contributed by atoms with E-state index >= 15 is 0 Å². The molecular weight excluding hydrogens is 282 g/mol. The number of nitrogens with zero attached hydrogens (tertiary/aromatic N) is 1. The fraction of sp³-hybridized carbons (Fsp3) is 0.286. The number of anilines is 1. The first kappa shape index (κ1) is 15.5. The zero-order valence-electron chi connectivity index (χ0n) is 13.5. The second kappa shape index (κ2) is 7.28. The molecule has 23 heavy (non-hydrogen) atoms. The van der Waals surface area contributed by atoms with Gasteiger partial charge in [-0.05, 0) is 48.4 Å². The van der Waals surface area contributed by atoms with Crippen molar-refractivity contribution in [2.75, 3.05) is 4.90 Å². The van der Waals surface area contributed by atoms with E-state index in [1.54, 1.807) is 0 Å². The first-order valence-corrected chi connectivity index (χ1v) is 8.35. The Balaban J connectivity index is 1.93. The minimum absolute atomic E-state index is 0.205. The second-order valence-electron chi connectivity index (χ2n) is 6.06. The molecule has 0 saturated heterocycles. The number of carbonyl (C=O) groups is 1. The summed E-state index contributed by atoms with van der Waals surface area (Å²) >= 11 is 0. The molecule has 1 aliphatic rings. The van der Waals surface area contributed by atoms with E-state index in [1.807, 2.05) is 17.0 Å². The summed E-state index contributed by atoms with van der Waals surface area (Å²) in [5.74, 6) is 0.205. The molecule has 0 N–H and O–H groups in total. The molecule has 0 aliphatic carbocycles. The number of para-hydroxylation sites is 1. The molecule has 1 aliphatic heterocycles. The lowest BCUT2D eigenvalue weighted by Gasteiger charge is -2.29. The third kappa shape index (κ3) is 3.53. The molecule has 0 unspecified atom stereocenters. The maximum atomic E-state index is 12.8. The topological polar surface area (TPSA) is 20.3 Å². The van der Waals surface area contributed by atoms with Crippen molar-refractivity contribution in [3.63, 3.8) is 0 Å². The molecule has 1 heterocycles. The average molecular weight is 305 g/mol. The van der Waals surface area contributed by atoms with Crippen molar-refractivity contribution in [1.29, 1.82) is 0 Å². The summed E-state index contributed by atoms with van der Waals surface area (Å²) in [6.45, 7) is 4.41. The highest BCUT2D eigenvalue weighted by Crippen LogP contribution is 2.29. The number of fused-ring (bicyclic) bond motifs is 2. The van der Waals surface area contributed by atoms with Gasteiger partial charge in [0.2, 0.25) is 5.91 Å². The third-order valence-corrected chi connectivity index (χ3v) is 4.49. The molecule has 0 atom stereocenters. The van der Waals surface area contributed by atoms with Crippen molar-refractivity contribution in [2.24, 2.45) is 0 Å². The third-order valence-electron chi connectivity index (χ3n) is 4.49. The Morgan fingerprint density at radius 3 is 2.43 bits per heavy atom. The smallest absolute Gasteiger partial charge is 0.227 e. The molecule has 2 aromatic carbocycles. The van der Waals surface area contributed by atoms with E-state index in [4.69, 9.17) is 0 Å². The van der Waals surface area contributed by atoms with Gasteiger partial charge in [0.25, 0.3) is 0 Å². The van der Waals surface area contributed by atoms with Crippen LogP contribution in [0.1, 0.15) is 36.0 Å². The quantitative estimate of drug-likeness (QED) is 0.593. The Morgan fingerprint density at radius 2 is 1.65 bits per heavy atom. The predicted octanol–water partition coefficient (Wildman–Crippen LogP) is 4.67. The number of rotatable bonds is 4. The molecule has 0 saturated carbocycles. The Bertz CT molecular complexity index is 704. The highest BCUT2D eigenvalue weighted by molar-refractivity contribution is 5.94. The van der Waals surface area contributed by atoms with Crippen LogP contribution >= 0.6 is 0 Å². The van der Waals surface area contributed by atoms with E-state index in [-0.39, 0.29) is 5.91 Å². The standard InChI is InChI=1S/C21H23NO/c1-2-3-4-13-21(23)22-16-19-11-6-5-9-17(19)14-15-18-10-7-8-12-20(18)22/h2,5-12H,1,3-4,13-16H2. The van der Waals surface area contributed by atoms with Crippen LogP contribution in [0.25, 0.3) is 0 Å². The van der Waals surface area contributed by atoms with E-state index in [1.165, 1.54) is 16.7 Å². The SMILES string of the molecule is C=CCCCC(=O)N1Cc2ccccc2CCc2ccccc21. The Morgan fingerprint density at radius 1 is 1.00 bits per heavy atom. The van der Waals surface area contributed by atoms with Crippen molar-refractivity contribution < 1.29 is 4.79 Å². The van der Waals surface area contributed by atoms with Crippen molar-refractivity contribution in [3.05, 3.63) is 77.9 Å². The van der Waals surface area contributed by atoms with Gasteiger partial charge in [0.15, 0.2) is 0 Å². The van der Waals surface area contributed by atoms with Crippen molar-refractivity contribution in [3.8, 4) is 0 Å². The van der Waals surface area contributed by atoms with Crippen LogP contribution in [0.4, 0.5) is 5.69 Å². The largest absolute Gasteiger partial charge is 0.308 e. The zero-order chi connectivity index (χ0) is 16.1. The van der Waals surface area contributed by atoms with Gasteiger partial charge in [-0.25, -0.2) is 0 Å². The van der Waals surface area contributed by atoms with Gasteiger partial charge in [0, 0.05) is 12.1 Å². The maximum absolute atomic E-state index is 12.8. The number of aryl methyl sites for hydroxylation is 2. The van der Waals surface area contributed by atoms with Gasteiger partial charge in [-0.2, -0.15) is 0 Å². The van der Waals surface area contributed by atoms with Gasteiger partial charge in [-0.1, -0.05) is 48.5 Å². The number of hydrogen-bond acceptors (Lipinski definition) is 1. The summed E-state index contributed by atoms with van der Waals surface area (Å²) in [5.41, 5.74) is 4.95. The lowest BCUT2D eigenvalue weighted by molar-refractivity contribution is -0.118. The molecule has 3 rings (SSSR count). The summed E-state index contributed by atoms with van der Waals surface area (Å²) in [4.78, 5) is 14.8. The van der Waals surface area contributed by atoms with Crippen LogP contribution in [0.2, 0.25) is 0 Å². The molecule has 1 amide bonds. The van der Waals surface area contributed by atoms with E-state index in [0.717, 1.165) is 31.4 Å². The predicted molar refractivity (Wildman–Crippen MR) is 95.5 cm³/mol. The molecule has 0 spiro atoms. The van der Waals surface area contributed by atoms with E-state index in [9.17, 15) is 4.79 Å². The lowest BCUT2D eigenvalue weighted by atomic mass is 9.95. The maximum Gasteiger partial charge on any atom is 0.227 e. The molecule has 2 aromatic rings. The first-order chi connectivity index (χ1) is 11.3. The van der Waals surface area contributed by atoms with Crippen LogP contribution in [0.15, 0.2) is 61.2 Å². The highest BCUT2D eigenvalue weighted by atomic mass is 16.2. The van der Waals surface area contributed by atoms with Crippen LogP contribution in [0.5, 0.6) is 0 Å². The van der Waals surface area contributed by atoms with E-state index < -0.39 is 0 Å². The summed E-state index contributed by atoms with van der Waals surface area (Å²) in [7, 11) is 0. The second-order valence-corrected chi connectivity index (χ2v) is 6.06. The number of allylic oxidation sites excluding steroid dienone is 1. The van der Waals surface area contributed by atoms with Crippen LogP contribution in [0, 0.1) is 0 Å². The van der Waals surface area contributed by atoms with Gasteiger partial charge in [0.1, 0.15) is 0 Å². The molecule has 0 fully saturated rings. The van der Waals surface area contributed by atoms with E-state index in [0.29, 0.717) is 13.0 Å². The van der Waals surface area contributed by atoms with Crippen molar-refractivity contribution >= 4 is 11.6 Å². The zero-order valence-corrected chi connectivity index (χ0v) is 13.5. The Hall–Kier alpha value is -2.35. The molecule has 2 heteroatoms. The van der Waals surface area contributed by atoms with Crippen molar-refractivity contribution in [2.45, 2.75) is 38.6 Å². The monoisotopic (exact) mass is 305 g/mol. The average Bonchev–Trinajstić information content (AvgIpc) is 2.57. The summed E-state index contributed by atoms with van der Waals surface area (Å²) < 4.78 is 0. The van der Waals surface area contributed by atoms with Gasteiger partial charge in [-0.3, -0.25) is 4.79 Å². The number of hydrogen-bond donors (Lipinski definition) is 0. The van der Waals surface area contributed by atoms with Crippen LogP contribution in [0.3, 0.4) is 0 Å². The Kier molecular flexibility index (Phi) is 4.92. The minimum atomic E-state index is 0.205. The van der Waals surface area contributed by atoms with Gasteiger partial charge in [0.05, 0.1) is 6.54 Å². The fourth-order valence-corrected chi connectivity index (χ4v) is 3.22. The van der Waals surface area contributed by atoms with E-state index in [2.05, 4.69) is 49.0 Å². The molecule has 0 radical (unpaired) electrons. The van der Waals surface area contributed by atoms with Gasteiger partial charge < -0.3 is 4.90 Å². The number of benzene rings is 2. The number of amides is 1. The summed E-state index contributed by atoms with van der Waals surface area (Å²) in [6, 6.07) is 16.8. The highest BCUT2D eigenvalue weighted by Gasteiger charge is 2.21. The summed E-state index contributed by atoms with van der Waals surface area (Å²) in [6.07, 6.45) is 6.21. The van der Waals surface area contributed by atoms with Crippen LogP contribution in [-0.2, 0) is 24.2 Å². The van der Waals surface area contributed by atoms with Crippen molar-refractivity contribution in [1.82, 2.24) is 0 Å². The van der Waals surface area contributed by atoms with Crippen LogP contribution < -0.4 is 4.90 Å². The van der Waals surface area contributed by atoms with Gasteiger partial charge in [-0.15, -0.1) is 6.58 Å². The van der Waals surface area contributed by atoms with Gasteiger partial charge >= 0.3 is 0 Å². The lowest BCUT2D eigenvalue weighted by Crippen LogP contribution is -2.32. The molecule has 2 nitrogen and oxygen atoms in total.